The maximum absolute atomic E-state index is 12.0. The summed E-state index contributed by atoms with van der Waals surface area (Å²) in [6, 6.07) is 16.8. The average molecular weight is 339 g/mol. The van der Waals surface area contributed by atoms with Gasteiger partial charge in [0.2, 0.25) is 0 Å². The third-order valence-corrected chi connectivity index (χ3v) is 4.24. The summed E-state index contributed by atoms with van der Waals surface area (Å²) in [4.78, 5) is 23.2. The SMILES string of the molecule is O=C(COc1ccccc1Cc1ccccc1)NC(C(=O)O)C1CC1. The van der Waals surface area contributed by atoms with Gasteiger partial charge in [-0.15, -0.1) is 0 Å². The summed E-state index contributed by atoms with van der Waals surface area (Å²) in [5.41, 5.74) is 2.14. The maximum Gasteiger partial charge on any atom is 0.326 e. The molecule has 5 nitrogen and oxygen atoms in total. The first-order valence-corrected chi connectivity index (χ1v) is 8.40. The molecule has 25 heavy (non-hydrogen) atoms. The van der Waals surface area contributed by atoms with Crippen molar-refractivity contribution in [1.82, 2.24) is 5.32 Å². The highest BCUT2D eigenvalue weighted by Crippen LogP contribution is 2.32. The minimum absolute atomic E-state index is 0.0480. The Balaban J connectivity index is 1.59. The van der Waals surface area contributed by atoms with Crippen molar-refractivity contribution in [3.63, 3.8) is 0 Å². The number of carboxylic acids is 1. The number of rotatable bonds is 8. The lowest BCUT2D eigenvalue weighted by molar-refractivity contribution is -0.142. The maximum atomic E-state index is 12.0. The molecule has 0 aliphatic heterocycles. The number of benzene rings is 2. The van der Waals surface area contributed by atoms with Gasteiger partial charge in [0, 0.05) is 6.42 Å². The second-order valence-electron chi connectivity index (χ2n) is 6.28. The van der Waals surface area contributed by atoms with Gasteiger partial charge in [-0.05, 0) is 36.0 Å². The van der Waals surface area contributed by atoms with Crippen LogP contribution in [0.25, 0.3) is 0 Å². The van der Waals surface area contributed by atoms with E-state index < -0.39 is 17.9 Å². The van der Waals surface area contributed by atoms with Crippen LogP contribution in [-0.2, 0) is 16.0 Å². The summed E-state index contributed by atoms with van der Waals surface area (Å²) in [5, 5.41) is 11.7. The van der Waals surface area contributed by atoms with Gasteiger partial charge in [0.25, 0.3) is 5.91 Å². The van der Waals surface area contributed by atoms with Gasteiger partial charge in [0.05, 0.1) is 0 Å². The van der Waals surface area contributed by atoms with E-state index in [2.05, 4.69) is 5.32 Å². The molecule has 0 heterocycles. The molecule has 0 saturated heterocycles. The quantitative estimate of drug-likeness (QED) is 0.775. The molecule has 0 spiro atoms. The Bertz CT molecular complexity index is 740. The van der Waals surface area contributed by atoms with E-state index in [0.29, 0.717) is 12.2 Å². The predicted molar refractivity (Wildman–Crippen MR) is 93.5 cm³/mol. The molecular weight excluding hydrogens is 318 g/mol. The summed E-state index contributed by atoms with van der Waals surface area (Å²) in [6.07, 6.45) is 2.40. The number of nitrogens with one attached hydrogen (secondary N) is 1. The Morgan fingerprint density at radius 2 is 1.76 bits per heavy atom. The predicted octanol–water partition coefficient (Wildman–Crippen LogP) is 2.64. The van der Waals surface area contributed by atoms with Crippen LogP contribution in [0.1, 0.15) is 24.0 Å². The van der Waals surface area contributed by atoms with Gasteiger partial charge >= 0.3 is 5.97 Å². The van der Waals surface area contributed by atoms with E-state index in [0.717, 1.165) is 24.0 Å². The van der Waals surface area contributed by atoms with Crippen LogP contribution >= 0.6 is 0 Å². The highest BCUT2D eigenvalue weighted by molar-refractivity contribution is 5.84. The molecule has 2 aromatic rings. The first kappa shape index (κ1) is 17.0. The fourth-order valence-corrected chi connectivity index (χ4v) is 2.78. The second-order valence-corrected chi connectivity index (χ2v) is 6.28. The number of para-hydroxylation sites is 1. The minimum Gasteiger partial charge on any atom is -0.483 e. The molecule has 1 aliphatic rings. The van der Waals surface area contributed by atoms with E-state index in [1.165, 1.54) is 0 Å². The average Bonchev–Trinajstić information content (AvgIpc) is 3.44. The molecule has 1 fully saturated rings. The third kappa shape index (κ3) is 4.83. The van der Waals surface area contributed by atoms with Gasteiger partial charge in [-0.2, -0.15) is 0 Å². The number of carbonyl (C=O) groups excluding carboxylic acids is 1. The Labute approximate surface area is 146 Å². The van der Waals surface area contributed by atoms with Crippen molar-refractivity contribution in [1.29, 1.82) is 0 Å². The number of hydrogen-bond donors (Lipinski definition) is 2. The molecule has 0 radical (unpaired) electrons. The van der Waals surface area contributed by atoms with Crippen LogP contribution in [0.2, 0.25) is 0 Å². The molecule has 0 bridgehead atoms. The van der Waals surface area contributed by atoms with E-state index in [9.17, 15) is 14.7 Å². The van der Waals surface area contributed by atoms with Gasteiger partial charge in [-0.3, -0.25) is 4.79 Å². The number of aliphatic carboxylic acids is 1. The van der Waals surface area contributed by atoms with Crippen LogP contribution in [0, 0.1) is 5.92 Å². The molecule has 0 aromatic heterocycles. The van der Waals surface area contributed by atoms with Crippen LogP contribution < -0.4 is 10.1 Å². The number of carboxylic acid groups (broad SMARTS) is 1. The Morgan fingerprint density at radius 1 is 1.08 bits per heavy atom. The number of amides is 1. The summed E-state index contributed by atoms with van der Waals surface area (Å²) in [5.74, 6) is -0.708. The van der Waals surface area contributed by atoms with Crippen molar-refractivity contribution < 1.29 is 19.4 Å². The van der Waals surface area contributed by atoms with Gasteiger partial charge < -0.3 is 15.2 Å². The molecule has 1 atom stereocenters. The van der Waals surface area contributed by atoms with Crippen molar-refractivity contribution in [2.75, 3.05) is 6.61 Å². The fourth-order valence-electron chi connectivity index (χ4n) is 2.78. The molecule has 130 valence electrons. The zero-order valence-electron chi connectivity index (χ0n) is 13.9. The van der Waals surface area contributed by atoms with Crippen molar-refractivity contribution in [3.8, 4) is 5.75 Å². The Hall–Kier alpha value is -2.82. The monoisotopic (exact) mass is 339 g/mol. The topological polar surface area (TPSA) is 75.6 Å². The van der Waals surface area contributed by atoms with Crippen LogP contribution in [-0.4, -0.2) is 29.6 Å². The standard InChI is InChI=1S/C20H21NO4/c22-18(21-19(20(23)24)15-10-11-15)13-25-17-9-5-4-8-16(17)12-14-6-2-1-3-7-14/h1-9,15,19H,10-13H2,(H,21,22)(H,23,24). The van der Waals surface area contributed by atoms with Gasteiger partial charge in [-0.1, -0.05) is 48.5 Å². The third-order valence-electron chi connectivity index (χ3n) is 4.24. The van der Waals surface area contributed by atoms with E-state index in [4.69, 9.17) is 4.74 Å². The van der Waals surface area contributed by atoms with Crippen LogP contribution in [0.3, 0.4) is 0 Å². The summed E-state index contributed by atoms with van der Waals surface area (Å²) < 4.78 is 5.65. The zero-order chi connectivity index (χ0) is 17.6. The molecule has 1 saturated carbocycles. The van der Waals surface area contributed by atoms with Crippen molar-refractivity contribution in [3.05, 3.63) is 65.7 Å². The lowest BCUT2D eigenvalue weighted by Crippen LogP contribution is -2.44. The molecule has 1 amide bonds. The smallest absolute Gasteiger partial charge is 0.326 e. The van der Waals surface area contributed by atoms with Crippen molar-refractivity contribution in [2.24, 2.45) is 5.92 Å². The molecular formula is C20H21NO4. The Morgan fingerprint density at radius 3 is 2.44 bits per heavy atom. The number of carbonyl (C=O) groups is 2. The van der Waals surface area contributed by atoms with Gasteiger partial charge in [0.15, 0.2) is 6.61 Å². The lowest BCUT2D eigenvalue weighted by atomic mass is 10.0. The first-order chi connectivity index (χ1) is 12.1. The minimum atomic E-state index is -0.986. The second kappa shape index (κ2) is 7.83. The normalized spacial score (nSPS) is 14.6. The van der Waals surface area contributed by atoms with Gasteiger partial charge in [-0.25, -0.2) is 4.79 Å². The van der Waals surface area contributed by atoms with Crippen molar-refractivity contribution in [2.45, 2.75) is 25.3 Å². The molecule has 1 aliphatic carbocycles. The number of hydrogen-bond acceptors (Lipinski definition) is 3. The molecule has 5 heteroatoms. The largest absolute Gasteiger partial charge is 0.483 e. The molecule has 2 N–H and O–H groups in total. The van der Waals surface area contributed by atoms with Crippen LogP contribution in [0.5, 0.6) is 5.75 Å². The lowest BCUT2D eigenvalue weighted by Gasteiger charge is -2.15. The van der Waals surface area contributed by atoms with Gasteiger partial charge in [0.1, 0.15) is 11.8 Å². The van der Waals surface area contributed by atoms with Crippen LogP contribution in [0.15, 0.2) is 54.6 Å². The Kier molecular flexibility index (Phi) is 5.33. The molecule has 3 rings (SSSR count). The van der Waals surface area contributed by atoms with Crippen molar-refractivity contribution >= 4 is 11.9 Å². The zero-order valence-corrected chi connectivity index (χ0v) is 13.9. The van der Waals surface area contributed by atoms with E-state index in [1.54, 1.807) is 0 Å². The van der Waals surface area contributed by atoms with E-state index in [1.807, 2.05) is 54.6 Å². The fraction of sp³-hybridized carbons (Fsp3) is 0.300. The summed E-state index contributed by atoms with van der Waals surface area (Å²) >= 11 is 0. The molecule has 1 unspecified atom stereocenters. The highest BCUT2D eigenvalue weighted by Gasteiger charge is 2.37. The van der Waals surface area contributed by atoms with Crippen LogP contribution in [0.4, 0.5) is 0 Å². The van der Waals surface area contributed by atoms with E-state index >= 15 is 0 Å². The summed E-state index contributed by atoms with van der Waals surface area (Å²) in [6.45, 7) is -0.192. The highest BCUT2D eigenvalue weighted by atomic mass is 16.5. The first-order valence-electron chi connectivity index (χ1n) is 8.40. The van der Waals surface area contributed by atoms with E-state index in [-0.39, 0.29) is 12.5 Å². The summed E-state index contributed by atoms with van der Waals surface area (Å²) in [7, 11) is 0. The molecule has 2 aromatic carbocycles. The number of ether oxygens (including phenoxy) is 1.